The maximum atomic E-state index is 12.7. The predicted molar refractivity (Wildman–Crippen MR) is 104 cm³/mol. The van der Waals surface area contributed by atoms with E-state index in [1.54, 1.807) is 36.7 Å². The molecule has 8 heteroatoms. The van der Waals surface area contributed by atoms with E-state index in [1.165, 1.54) is 0 Å². The van der Waals surface area contributed by atoms with Crippen molar-refractivity contribution in [2.45, 2.75) is 13.5 Å². The molecule has 0 atom stereocenters. The van der Waals surface area contributed by atoms with E-state index >= 15 is 0 Å². The Morgan fingerprint density at radius 3 is 2.64 bits per heavy atom. The minimum absolute atomic E-state index is 0.277. The van der Waals surface area contributed by atoms with Gasteiger partial charge in [0.05, 0.1) is 0 Å². The third-order valence-corrected chi connectivity index (χ3v) is 4.09. The van der Waals surface area contributed by atoms with Crippen LogP contribution in [0.15, 0.2) is 48.8 Å². The van der Waals surface area contributed by atoms with Gasteiger partial charge < -0.3 is 20.1 Å². The lowest BCUT2D eigenvalue weighted by atomic mass is 10.2. The van der Waals surface area contributed by atoms with E-state index in [4.69, 9.17) is 9.47 Å². The first kappa shape index (κ1) is 17.7. The van der Waals surface area contributed by atoms with Crippen molar-refractivity contribution in [3.8, 4) is 11.5 Å². The molecule has 0 saturated carbocycles. The molecule has 1 aromatic carbocycles. The first-order chi connectivity index (χ1) is 13.7. The lowest BCUT2D eigenvalue weighted by Crippen LogP contribution is -2.18. The Kier molecular flexibility index (Phi) is 5.01. The Labute approximate surface area is 162 Å². The average Bonchev–Trinajstić information content (AvgIpc) is 2.72. The van der Waals surface area contributed by atoms with Gasteiger partial charge in [0.15, 0.2) is 11.5 Å². The smallest absolute Gasteiger partial charge is 0.274 e. The summed E-state index contributed by atoms with van der Waals surface area (Å²) >= 11 is 0. The number of aromatic nitrogens is 3. The Bertz CT molecular complexity index is 994. The highest BCUT2D eigenvalue weighted by atomic mass is 16.6. The number of carbonyl (C=O) groups is 1. The molecule has 1 aliphatic rings. The van der Waals surface area contributed by atoms with Crippen LogP contribution in [0.5, 0.6) is 11.5 Å². The number of benzene rings is 1. The SMILES string of the molecule is Cc1cc(C(=O)Nc2ccc3c(c2)OCCO3)nc(NCc2ccncc2)n1. The van der Waals surface area contributed by atoms with Crippen molar-refractivity contribution < 1.29 is 14.3 Å². The van der Waals surface area contributed by atoms with Crippen LogP contribution < -0.4 is 20.1 Å². The van der Waals surface area contributed by atoms with Gasteiger partial charge >= 0.3 is 0 Å². The number of carbonyl (C=O) groups excluding carboxylic acids is 1. The lowest BCUT2D eigenvalue weighted by molar-refractivity contribution is 0.102. The standard InChI is InChI=1S/C20H19N5O3/c1-13-10-16(25-20(23-13)22-12-14-4-6-21-7-5-14)19(26)24-15-2-3-17-18(11-15)28-9-8-27-17/h2-7,10-11H,8-9,12H2,1H3,(H,24,26)(H,22,23,25). The van der Waals surface area contributed by atoms with E-state index in [-0.39, 0.29) is 11.6 Å². The van der Waals surface area contributed by atoms with Gasteiger partial charge in [-0.1, -0.05) is 0 Å². The van der Waals surface area contributed by atoms with Crippen LogP contribution in [-0.4, -0.2) is 34.1 Å². The van der Waals surface area contributed by atoms with E-state index in [0.717, 1.165) is 5.56 Å². The Morgan fingerprint density at radius 2 is 1.82 bits per heavy atom. The first-order valence-electron chi connectivity index (χ1n) is 8.87. The van der Waals surface area contributed by atoms with Crippen LogP contribution in [0.2, 0.25) is 0 Å². The van der Waals surface area contributed by atoms with Gasteiger partial charge in [0.25, 0.3) is 5.91 Å². The van der Waals surface area contributed by atoms with Crippen LogP contribution >= 0.6 is 0 Å². The van der Waals surface area contributed by atoms with Crippen molar-refractivity contribution >= 4 is 17.5 Å². The van der Waals surface area contributed by atoms with E-state index in [9.17, 15) is 4.79 Å². The van der Waals surface area contributed by atoms with E-state index in [2.05, 4.69) is 25.6 Å². The highest BCUT2D eigenvalue weighted by Crippen LogP contribution is 2.32. The molecule has 4 rings (SSSR count). The number of amides is 1. The third kappa shape index (κ3) is 4.17. The first-order valence-corrected chi connectivity index (χ1v) is 8.87. The van der Waals surface area contributed by atoms with Crippen molar-refractivity contribution in [2.75, 3.05) is 23.8 Å². The normalized spacial score (nSPS) is 12.3. The molecule has 0 saturated heterocycles. The number of hydrogen-bond donors (Lipinski definition) is 2. The molecule has 28 heavy (non-hydrogen) atoms. The number of anilines is 2. The van der Waals surface area contributed by atoms with Crippen LogP contribution in [0.25, 0.3) is 0 Å². The molecule has 0 bridgehead atoms. The quantitative estimate of drug-likeness (QED) is 0.705. The van der Waals surface area contributed by atoms with Crippen LogP contribution in [0.3, 0.4) is 0 Å². The topological polar surface area (TPSA) is 98.3 Å². The monoisotopic (exact) mass is 377 g/mol. The summed E-state index contributed by atoms with van der Waals surface area (Å²) in [5, 5.41) is 5.97. The fraction of sp³-hybridized carbons (Fsp3) is 0.200. The molecule has 3 aromatic rings. The zero-order chi connectivity index (χ0) is 19.3. The van der Waals surface area contributed by atoms with Gasteiger partial charge in [-0.25, -0.2) is 9.97 Å². The second kappa shape index (κ2) is 7.91. The predicted octanol–water partition coefficient (Wildman–Crippen LogP) is 2.82. The van der Waals surface area contributed by atoms with Crippen molar-refractivity contribution in [1.82, 2.24) is 15.0 Å². The summed E-state index contributed by atoms with van der Waals surface area (Å²) < 4.78 is 11.0. The molecule has 0 fully saturated rings. The molecule has 142 valence electrons. The van der Waals surface area contributed by atoms with Crippen molar-refractivity contribution in [2.24, 2.45) is 0 Å². The van der Waals surface area contributed by atoms with Gasteiger partial charge in [0.2, 0.25) is 5.95 Å². The maximum Gasteiger partial charge on any atom is 0.274 e. The average molecular weight is 377 g/mol. The van der Waals surface area contributed by atoms with Gasteiger partial charge in [0, 0.05) is 36.4 Å². The van der Waals surface area contributed by atoms with Gasteiger partial charge in [-0.2, -0.15) is 0 Å². The summed E-state index contributed by atoms with van der Waals surface area (Å²) in [5.74, 6) is 1.35. The largest absolute Gasteiger partial charge is 0.486 e. The summed E-state index contributed by atoms with van der Waals surface area (Å²) in [6.45, 7) is 3.37. The molecule has 1 aliphatic heterocycles. The minimum Gasteiger partial charge on any atom is -0.486 e. The van der Waals surface area contributed by atoms with Crippen LogP contribution in [0.1, 0.15) is 21.7 Å². The molecule has 2 aromatic heterocycles. The molecule has 1 amide bonds. The lowest BCUT2D eigenvalue weighted by Gasteiger charge is -2.19. The number of nitrogens with one attached hydrogen (secondary N) is 2. The zero-order valence-electron chi connectivity index (χ0n) is 15.3. The molecule has 0 aliphatic carbocycles. The van der Waals surface area contributed by atoms with Gasteiger partial charge in [-0.05, 0) is 42.8 Å². The number of rotatable bonds is 5. The van der Waals surface area contributed by atoms with E-state index < -0.39 is 0 Å². The number of aryl methyl sites for hydroxylation is 1. The number of fused-ring (bicyclic) bond motifs is 1. The molecule has 8 nitrogen and oxygen atoms in total. The second-order valence-corrected chi connectivity index (χ2v) is 6.24. The summed E-state index contributed by atoms with van der Waals surface area (Å²) in [7, 11) is 0. The molecule has 3 heterocycles. The van der Waals surface area contributed by atoms with Crippen LogP contribution in [0.4, 0.5) is 11.6 Å². The van der Waals surface area contributed by atoms with E-state index in [0.29, 0.717) is 48.6 Å². The van der Waals surface area contributed by atoms with Crippen molar-refractivity contribution in [3.05, 3.63) is 65.7 Å². The van der Waals surface area contributed by atoms with Crippen molar-refractivity contribution in [3.63, 3.8) is 0 Å². The fourth-order valence-electron chi connectivity index (χ4n) is 2.76. The van der Waals surface area contributed by atoms with Gasteiger partial charge in [0.1, 0.15) is 18.9 Å². The molecular formula is C20H19N5O3. The molecular weight excluding hydrogens is 358 g/mol. The highest BCUT2D eigenvalue weighted by molar-refractivity contribution is 6.03. The second-order valence-electron chi connectivity index (χ2n) is 6.24. The Hall–Kier alpha value is -3.68. The third-order valence-electron chi connectivity index (χ3n) is 4.09. The zero-order valence-corrected chi connectivity index (χ0v) is 15.3. The maximum absolute atomic E-state index is 12.7. The highest BCUT2D eigenvalue weighted by Gasteiger charge is 2.15. The molecule has 0 unspecified atom stereocenters. The molecule has 2 N–H and O–H groups in total. The number of pyridine rings is 1. The summed E-state index contributed by atoms with van der Waals surface area (Å²) in [6.07, 6.45) is 3.45. The Balaban J connectivity index is 1.47. The molecule has 0 spiro atoms. The van der Waals surface area contributed by atoms with Crippen LogP contribution in [0, 0.1) is 6.92 Å². The summed E-state index contributed by atoms with van der Waals surface area (Å²) in [6, 6.07) is 10.7. The van der Waals surface area contributed by atoms with Gasteiger partial charge in [-0.15, -0.1) is 0 Å². The number of hydrogen-bond acceptors (Lipinski definition) is 7. The number of ether oxygens (including phenoxy) is 2. The van der Waals surface area contributed by atoms with Crippen molar-refractivity contribution in [1.29, 1.82) is 0 Å². The Morgan fingerprint density at radius 1 is 1.04 bits per heavy atom. The number of nitrogens with zero attached hydrogens (tertiary/aromatic N) is 3. The summed E-state index contributed by atoms with van der Waals surface area (Å²) in [4.78, 5) is 25.3. The van der Waals surface area contributed by atoms with E-state index in [1.807, 2.05) is 19.1 Å². The minimum atomic E-state index is -0.325. The van der Waals surface area contributed by atoms with Crippen LogP contribution in [-0.2, 0) is 6.54 Å². The summed E-state index contributed by atoms with van der Waals surface area (Å²) in [5.41, 5.74) is 2.62. The fourth-order valence-corrected chi connectivity index (χ4v) is 2.76. The molecule has 0 radical (unpaired) electrons. The van der Waals surface area contributed by atoms with Gasteiger partial charge in [-0.3, -0.25) is 9.78 Å².